The lowest BCUT2D eigenvalue weighted by atomic mass is 9.85. The highest BCUT2D eigenvalue weighted by molar-refractivity contribution is 5.72. The summed E-state index contributed by atoms with van der Waals surface area (Å²) in [7, 11) is 0. The Bertz CT molecular complexity index is 422. The van der Waals surface area contributed by atoms with Crippen LogP contribution in [0, 0.1) is 5.92 Å². The van der Waals surface area contributed by atoms with Crippen molar-refractivity contribution in [1.82, 2.24) is 10.3 Å². The number of ether oxygens (including phenoxy) is 1. The zero-order valence-corrected chi connectivity index (χ0v) is 12.3. The van der Waals surface area contributed by atoms with Gasteiger partial charge in [-0.15, -0.1) is 0 Å². The molecule has 1 aromatic rings. The summed E-state index contributed by atoms with van der Waals surface area (Å²) >= 11 is 0. The Balaban J connectivity index is 1.88. The van der Waals surface area contributed by atoms with Gasteiger partial charge in [-0.25, -0.2) is 0 Å². The van der Waals surface area contributed by atoms with Crippen molar-refractivity contribution >= 4 is 5.97 Å². The van der Waals surface area contributed by atoms with Crippen molar-refractivity contribution in [2.24, 2.45) is 5.92 Å². The third-order valence-electron chi connectivity index (χ3n) is 3.99. The van der Waals surface area contributed by atoms with Crippen LogP contribution in [0.1, 0.15) is 51.1 Å². The molecule has 2 rings (SSSR count). The molecule has 0 saturated heterocycles. The largest absolute Gasteiger partial charge is 0.466 e. The second-order valence-corrected chi connectivity index (χ2v) is 5.48. The lowest BCUT2D eigenvalue weighted by Gasteiger charge is -2.31. The van der Waals surface area contributed by atoms with E-state index in [1.54, 1.807) is 0 Å². The predicted molar refractivity (Wildman–Crippen MR) is 78.2 cm³/mol. The van der Waals surface area contributed by atoms with Gasteiger partial charge in [0.05, 0.1) is 12.5 Å². The molecule has 1 aromatic heterocycles. The van der Waals surface area contributed by atoms with Crippen LogP contribution in [0.2, 0.25) is 0 Å². The first-order valence-corrected chi connectivity index (χ1v) is 7.53. The molecule has 1 aliphatic carbocycles. The molecule has 0 amide bonds. The predicted octanol–water partition coefficient (Wildman–Crippen LogP) is 2.85. The Labute approximate surface area is 120 Å². The molecule has 20 heavy (non-hydrogen) atoms. The van der Waals surface area contributed by atoms with E-state index in [4.69, 9.17) is 4.74 Å². The standard InChI is InChI=1S/C16H24N2O2/c1-3-20-16(19)14-5-4-6-15(11-14)18-12(2)13-7-9-17-10-8-13/h7-10,12,14-15,18H,3-6,11H2,1-2H3/t12-,14?,15?/m1/s1. The Morgan fingerprint density at radius 3 is 2.90 bits per heavy atom. The van der Waals surface area contributed by atoms with Crippen molar-refractivity contribution in [2.45, 2.75) is 51.6 Å². The molecular formula is C16H24N2O2. The number of aromatic nitrogens is 1. The van der Waals surface area contributed by atoms with Crippen LogP contribution >= 0.6 is 0 Å². The van der Waals surface area contributed by atoms with Crippen molar-refractivity contribution in [1.29, 1.82) is 0 Å². The van der Waals surface area contributed by atoms with Gasteiger partial charge in [0.25, 0.3) is 0 Å². The summed E-state index contributed by atoms with van der Waals surface area (Å²) < 4.78 is 5.14. The van der Waals surface area contributed by atoms with Gasteiger partial charge in [0, 0.05) is 24.5 Å². The fraction of sp³-hybridized carbons (Fsp3) is 0.625. The van der Waals surface area contributed by atoms with Crippen molar-refractivity contribution in [2.75, 3.05) is 6.61 Å². The van der Waals surface area contributed by atoms with Gasteiger partial charge < -0.3 is 10.1 Å². The Morgan fingerprint density at radius 2 is 2.20 bits per heavy atom. The van der Waals surface area contributed by atoms with E-state index in [-0.39, 0.29) is 17.9 Å². The van der Waals surface area contributed by atoms with E-state index >= 15 is 0 Å². The number of nitrogens with zero attached hydrogens (tertiary/aromatic N) is 1. The normalized spacial score (nSPS) is 24.1. The van der Waals surface area contributed by atoms with Gasteiger partial charge in [0.1, 0.15) is 0 Å². The number of carbonyl (C=O) groups excluding carboxylic acids is 1. The molecular weight excluding hydrogens is 252 g/mol. The van der Waals surface area contributed by atoms with Crippen LogP contribution in [0.3, 0.4) is 0 Å². The quantitative estimate of drug-likeness (QED) is 0.840. The monoisotopic (exact) mass is 276 g/mol. The minimum absolute atomic E-state index is 0.0319. The molecule has 1 fully saturated rings. The first-order valence-electron chi connectivity index (χ1n) is 7.53. The Hall–Kier alpha value is -1.42. The fourth-order valence-corrected chi connectivity index (χ4v) is 2.92. The Morgan fingerprint density at radius 1 is 1.45 bits per heavy atom. The molecule has 1 saturated carbocycles. The maximum Gasteiger partial charge on any atom is 0.308 e. The van der Waals surface area contributed by atoms with Crippen molar-refractivity contribution < 1.29 is 9.53 Å². The molecule has 0 aliphatic heterocycles. The van der Waals surface area contributed by atoms with Crippen LogP contribution in [0.15, 0.2) is 24.5 Å². The first kappa shape index (κ1) is 15.0. The van der Waals surface area contributed by atoms with Crippen LogP contribution in [-0.2, 0) is 9.53 Å². The third-order valence-corrected chi connectivity index (χ3v) is 3.99. The first-order chi connectivity index (χ1) is 9.70. The third kappa shape index (κ3) is 4.04. The number of hydrogen-bond donors (Lipinski definition) is 1. The minimum Gasteiger partial charge on any atom is -0.466 e. The lowest BCUT2D eigenvalue weighted by Crippen LogP contribution is -2.38. The van der Waals surface area contributed by atoms with Crippen LogP contribution in [0.25, 0.3) is 0 Å². The summed E-state index contributed by atoms with van der Waals surface area (Å²) in [6, 6.07) is 4.73. The molecule has 1 heterocycles. The van der Waals surface area contributed by atoms with Crippen LogP contribution < -0.4 is 5.32 Å². The summed E-state index contributed by atoms with van der Waals surface area (Å²) in [5.41, 5.74) is 1.23. The highest BCUT2D eigenvalue weighted by atomic mass is 16.5. The molecule has 1 aliphatic rings. The van der Waals surface area contributed by atoms with Crippen molar-refractivity contribution in [3.63, 3.8) is 0 Å². The van der Waals surface area contributed by atoms with Gasteiger partial charge in [-0.05, 0) is 50.8 Å². The van der Waals surface area contributed by atoms with Gasteiger partial charge in [0.15, 0.2) is 0 Å². The zero-order valence-electron chi connectivity index (χ0n) is 12.3. The number of carbonyl (C=O) groups is 1. The van der Waals surface area contributed by atoms with Gasteiger partial charge in [-0.2, -0.15) is 0 Å². The molecule has 0 bridgehead atoms. The lowest BCUT2D eigenvalue weighted by molar-refractivity contribution is -0.149. The number of pyridine rings is 1. The van der Waals surface area contributed by atoms with Gasteiger partial charge in [-0.3, -0.25) is 9.78 Å². The van der Waals surface area contributed by atoms with Crippen molar-refractivity contribution in [3.8, 4) is 0 Å². The van der Waals surface area contributed by atoms with Crippen LogP contribution in [-0.4, -0.2) is 23.6 Å². The topological polar surface area (TPSA) is 51.2 Å². The SMILES string of the molecule is CCOC(=O)C1CCCC(N[C@H](C)c2ccncc2)C1. The molecule has 4 heteroatoms. The van der Waals surface area contributed by atoms with Gasteiger partial charge >= 0.3 is 5.97 Å². The molecule has 1 N–H and O–H groups in total. The fourth-order valence-electron chi connectivity index (χ4n) is 2.92. The smallest absolute Gasteiger partial charge is 0.308 e. The van der Waals surface area contributed by atoms with Crippen LogP contribution in [0.4, 0.5) is 0 Å². The summed E-state index contributed by atoms with van der Waals surface area (Å²) in [6.07, 6.45) is 7.69. The highest BCUT2D eigenvalue weighted by Gasteiger charge is 2.28. The van der Waals surface area contributed by atoms with E-state index in [1.807, 2.05) is 31.5 Å². The summed E-state index contributed by atoms with van der Waals surface area (Å²) in [4.78, 5) is 15.9. The average molecular weight is 276 g/mol. The van der Waals surface area contributed by atoms with Crippen molar-refractivity contribution in [3.05, 3.63) is 30.1 Å². The highest BCUT2D eigenvalue weighted by Crippen LogP contribution is 2.27. The molecule has 0 spiro atoms. The molecule has 3 atom stereocenters. The second-order valence-electron chi connectivity index (χ2n) is 5.48. The summed E-state index contributed by atoms with van der Waals surface area (Å²) in [5, 5.41) is 3.63. The Kier molecular flexibility index (Phi) is 5.53. The minimum atomic E-state index is -0.0319. The van der Waals surface area contributed by atoms with E-state index in [2.05, 4.69) is 17.2 Å². The van der Waals surface area contributed by atoms with Gasteiger partial charge in [0.2, 0.25) is 0 Å². The van der Waals surface area contributed by atoms with E-state index < -0.39 is 0 Å². The molecule has 2 unspecified atom stereocenters. The van der Waals surface area contributed by atoms with Crippen LogP contribution in [0.5, 0.6) is 0 Å². The van der Waals surface area contributed by atoms with Gasteiger partial charge in [-0.1, -0.05) is 6.42 Å². The number of esters is 1. The maximum absolute atomic E-state index is 11.8. The molecule has 0 aromatic carbocycles. The number of rotatable bonds is 5. The summed E-state index contributed by atoms with van der Waals surface area (Å²) in [6.45, 7) is 4.49. The van der Waals surface area contributed by atoms with E-state index in [0.29, 0.717) is 12.6 Å². The molecule has 0 radical (unpaired) electrons. The van der Waals surface area contributed by atoms with E-state index in [9.17, 15) is 4.79 Å². The van der Waals surface area contributed by atoms with E-state index in [0.717, 1.165) is 25.7 Å². The maximum atomic E-state index is 11.8. The second kappa shape index (κ2) is 7.39. The number of hydrogen-bond acceptors (Lipinski definition) is 4. The van der Waals surface area contributed by atoms with E-state index in [1.165, 1.54) is 5.56 Å². The molecule has 110 valence electrons. The summed E-state index contributed by atoms with van der Waals surface area (Å²) in [5.74, 6) is 0.0291. The molecule has 4 nitrogen and oxygen atoms in total. The number of nitrogens with one attached hydrogen (secondary N) is 1. The average Bonchev–Trinajstić information content (AvgIpc) is 2.48. The zero-order chi connectivity index (χ0) is 14.4.